The minimum atomic E-state index is -0.674. The first-order chi connectivity index (χ1) is 13.0. The van der Waals surface area contributed by atoms with Crippen molar-refractivity contribution >= 4 is 51.5 Å². The molecule has 0 unspecified atom stereocenters. The first-order valence-corrected chi connectivity index (χ1v) is 9.08. The van der Waals surface area contributed by atoms with E-state index in [1.807, 2.05) is 0 Å². The lowest BCUT2D eigenvalue weighted by Crippen LogP contribution is -2.26. The third kappa shape index (κ3) is 3.85. The molecular formula is C18H15Cl2FN4O2. The van der Waals surface area contributed by atoms with Gasteiger partial charge in [0.1, 0.15) is 5.52 Å². The highest BCUT2D eigenvalue weighted by molar-refractivity contribution is 6.36. The Bertz CT molecular complexity index is 1020. The summed E-state index contributed by atoms with van der Waals surface area (Å²) in [5.74, 6) is -0.770. The van der Waals surface area contributed by atoms with E-state index >= 15 is 4.39 Å². The SMILES string of the molecule is O=C(NOCC1CC1)c1cc2[nH]cnc2c(F)c1Nc1ccc(Cl)cc1Cl. The van der Waals surface area contributed by atoms with E-state index in [9.17, 15) is 4.79 Å². The third-order valence-electron chi connectivity index (χ3n) is 4.27. The van der Waals surface area contributed by atoms with Gasteiger partial charge in [0.2, 0.25) is 0 Å². The zero-order valence-corrected chi connectivity index (χ0v) is 15.5. The van der Waals surface area contributed by atoms with Crippen LogP contribution in [0, 0.1) is 11.7 Å². The molecular weight excluding hydrogens is 394 g/mol. The summed E-state index contributed by atoms with van der Waals surface area (Å²) in [6.07, 6.45) is 3.54. The van der Waals surface area contributed by atoms with Crippen LogP contribution in [0.1, 0.15) is 23.2 Å². The molecule has 0 bridgehead atoms. The van der Waals surface area contributed by atoms with Gasteiger partial charge in [-0.15, -0.1) is 0 Å². The molecule has 140 valence electrons. The average molecular weight is 409 g/mol. The van der Waals surface area contributed by atoms with Crippen molar-refractivity contribution in [2.24, 2.45) is 5.92 Å². The Hall–Kier alpha value is -2.35. The highest BCUT2D eigenvalue weighted by atomic mass is 35.5. The van der Waals surface area contributed by atoms with Crippen LogP contribution in [0.5, 0.6) is 0 Å². The van der Waals surface area contributed by atoms with Gasteiger partial charge in [0.15, 0.2) is 5.82 Å². The third-order valence-corrected chi connectivity index (χ3v) is 4.82. The maximum atomic E-state index is 15.0. The van der Waals surface area contributed by atoms with E-state index in [-0.39, 0.29) is 16.8 Å². The number of H-pyrrole nitrogens is 1. The molecule has 1 aromatic heterocycles. The number of aromatic nitrogens is 2. The lowest BCUT2D eigenvalue weighted by Gasteiger charge is -2.15. The van der Waals surface area contributed by atoms with Crippen molar-refractivity contribution in [2.75, 3.05) is 11.9 Å². The van der Waals surface area contributed by atoms with E-state index < -0.39 is 11.7 Å². The fourth-order valence-electron chi connectivity index (χ4n) is 2.63. The first-order valence-electron chi connectivity index (χ1n) is 8.32. The molecule has 0 aliphatic heterocycles. The number of carbonyl (C=O) groups is 1. The molecule has 1 saturated carbocycles. The van der Waals surface area contributed by atoms with Gasteiger partial charge in [-0.25, -0.2) is 14.9 Å². The maximum absolute atomic E-state index is 15.0. The van der Waals surface area contributed by atoms with Crippen molar-refractivity contribution in [3.8, 4) is 0 Å². The molecule has 4 rings (SSSR count). The van der Waals surface area contributed by atoms with Crippen LogP contribution in [-0.2, 0) is 4.84 Å². The van der Waals surface area contributed by atoms with E-state index in [0.29, 0.717) is 33.8 Å². The molecule has 0 radical (unpaired) electrons. The van der Waals surface area contributed by atoms with Gasteiger partial charge < -0.3 is 10.3 Å². The average Bonchev–Trinajstić information content (AvgIpc) is 3.33. The van der Waals surface area contributed by atoms with E-state index in [0.717, 1.165) is 12.8 Å². The minimum Gasteiger partial charge on any atom is -0.351 e. The molecule has 1 fully saturated rings. The van der Waals surface area contributed by atoms with Crippen molar-refractivity contribution in [2.45, 2.75) is 12.8 Å². The number of imidazole rings is 1. The number of nitrogens with one attached hydrogen (secondary N) is 3. The number of anilines is 2. The zero-order chi connectivity index (χ0) is 19.0. The fraction of sp³-hybridized carbons (Fsp3) is 0.222. The summed E-state index contributed by atoms with van der Waals surface area (Å²) >= 11 is 12.1. The number of hydrogen-bond donors (Lipinski definition) is 3. The molecule has 1 heterocycles. The molecule has 0 atom stereocenters. The van der Waals surface area contributed by atoms with Crippen LogP contribution in [-0.4, -0.2) is 22.5 Å². The normalized spacial score (nSPS) is 13.7. The molecule has 6 nitrogen and oxygen atoms in total. The van der Waals surface area contributed by atoms with Gasteiger partial charge >= 0.3 is 0 Å². The van der Waals surface area contributed by atoms with Gasteiger partial charge in [-0.1, -0.05) is 23.2 Å². The number of aromatic amines is 1. The fourth-order valence-corrected chi connectivity index (χ4v) is 3.09. The molecule has 3 N–H and O–H groups in total. The largest absolute Gasteiger partial charge is 0.351 e. The summed E-state index contributed by atoms with van der Waals surface area (Å²) in [6, 6.07) is 6.24. The summed E-state index contributed by atoms with van der Waals surface area (Å²) in [5.41, 5.74) is 3.29. The lowest BCUT2D eigenvalue weighted by molar-refractivity contribution is 0.0271. The zero-order valence-electron chi connectivity index (χ0n) is 14.0. The molecule has 3 aromatic rings. The second-order valence-corrected chi connectivity index (χ2v) is 7.19. The Morgan fingerprint density at radius 1 is 1.33 bits per heavy atom. The number of fused-ring (bicyclic) bond motifs is 1. The summed E-state index contributed by atoms with van der Waals surface area (Å²) in [4.78, 5) is 24.6. The topological polar surface area (TPSA) is 79.0 Å². The minimum absolute atomic E-state index is 0.0497. The van der Waals surface area contributed by atoms with Crippen LogP contribution in [0.15, 0.2) is 30.6 Å². The lowest BCUT2D eigenvalue weighted by atomic mass is 10.1. The summed E-state index contributed by atoms with van der Waals surface area (Å²) in [6.45, 7) is 0.437. The second-order valence-electron chi connectivity index (χ2n) is 6.35. The summed E-state index contributed by atoms with van der Waals surface area (Å²) in [7, 11) is 0. The van der Waals surface area contributed by atoms with Gasteiger partial charge in [-0.05, 0) is 43.0 Å². The van der Waals surface area contributed by atoms with Gasteiger partial charge in [0, 0.05) is 5.02 Å². The van der Waals surface area contributed by atoms with Gasteiger partial charge in [0.05, 0.1) is 40.4 Å². The van der Waals surface area contributed by atoms with Crippen LogP contribution in [0.2, 0.25) is 10.0 Å². The number of hydroxylamine groups is 1. The molecule has 0 saturated heterocycles. The maximum Gasteiger partial charge on any atom is 0.277 e. The van der Waals surface area contributed by atoms with Crippen LogP contribution >= 0.6 is 23.2 Å². The van der Waals surface area contributed by atoms with E-state index in [1.165, 1.54) is 18.5 Å². The van der Waals surface area contributed by atoms with E-state index in [4.69, 9.17) is 28.0 Å². The number of carbonyl (C=O) groups excluding carboxylic acids is 1. The van der Waals surface area contributed by atoms with Gasteiger partial charge in [-0.2, -0.15) is 0 Å². The molecule has 1 aliphatic rings. The van der Waals surface area contributed by atoms with Crippen molar-refractivity contribution in [3.05, 3.63) is 52.0 Å². The number of benzene rings is 2. The molecule has 1 amide bonds. The molecule has 9 heteroatoms. The van der Waals surface area contributed by atoms with Crippen LogP contribution in [0.25, 0.3) is 11.0 Å². The quantitative estimate of drug-likeness (QED) is 0.510. The van der Waals surface area contributed by atoms with Crippen molar-refractivity contribution < 1.29 is 14.0 Å². The standard InChI is InChI=1S/C18H15Cl2FN4O2/c19-10-3-4-13(12(20)5-10)24-16-11(18(26)25-27-7-9-1-2-9)6-14-17(15(16)21)23-8-22-14/h3-6,8-9,24H,1-2,7H2,(H,22,23)(H,25,26). The predicted molar refractivity (Wildman–Crippen MR) is 102 cm³/mol. The van der Waals surface area contributed by atoms with Gasteiger partial charge in [-0.3, -0.25) is 9.63 Å². The number of nitrogens with zero attached hydrogens (tertiary/aromatic N) is 1. The Morgan fingerprint density at radius 2 is 2.15 bits per heavy atom. The monoisotopic (exact) mass is 408 g/mol. The van der Waals surface area contributed by atoms with Crippen molar-refractivity contribution in [3.63, 3.8) is 0 Å². The molecule has 0 spiro atoms. The Morgan fingerprint density at radius 3 is 2.89 bits per heavy atom. The number of rotatable bonds is 6. The van der Waals surface area contributed by atoms with Gasteiger partial charge in [0.25, 0.3) is 5.91 Å². The molecule has 27 heavy (non-hydrogen) atoms. The predicted octanol–water partition coefficient (Wildman–Crippen LogP) is 4.82. The highest BCUT2D eigenvalue weighted by Crippen LogP contribution is 2.34. The Balaban J connectivity index is 1.69. The number of halogens is 3. The van der Waals surface area contributed by atoms with Crippen LogP contribution in [0.3, 0.4) is 0 Å². The van der Waals surface area contributed by atoms with E-state index in [1.54, 1.807) is 12.1 Å². The molecule has 1 aliphatic carbocycles. The van der Waals surface area contributed by atoms with Crippen LogP contribution in [0.4, 0.5) is 15.8 Å². The Labute approximate surface area is 164 Å². The first kappa shape index (κ1) is 18.0. The van der Waals surface area contributed by atoms with Crippen molar-refractivity contribution in [1.82, 2.24) is 15.4 Å². The van der Waals surface area contributed by atoms with Crippen LogP contribution < -0.4 is 10.8 Å². The molecule has 2 aromatic carbocycles. The van der Waals surface area contributed by atoms with E-state index in [2.05, 4.69) is 20.8 Å². The summed E-state index contributed by atoms with van der Waals surface area (Å²) < 4.78 is 15.0. The summed E-state index contributed by atoms with van der Waals surface area (Å²) in [5, 5.41) is 3.61. The highest BCUT2D eigenvalue weighted by Gasteiger charge is 2.24. The second kappa shape index (κ2) is 7.34. The smallest absolute Gasteiger partial charge is 0.277 e. The number of amides is 1. The van der Waals surface area contributed by atoms with Crippen molar-refractivity contribution in [1.29, 1.82) is 0 Å². The number of hydrogen-bond acceptors (Lipinski definition) is 4. The Kier molecular flexibility index (Phi) is 4.90.